The normalized spacial score (nSPS) is 17.2. The molecule has 1 atom stereocenters. The molecule has 28 heavy (non-hydrogen) atoms. The molecule has 2 aromatic rings. The average molecular weight is 383 g/mol. The predicted molar refractivity (Wildman–Crippen MR) is 107 cm³/mol. The van der Waals surface area contributed by atoms with Crippen LogP contribution < -0.4 is 11.1 Å². The third-order valence-corrected chi connectivity index (χ3v) is 5.15. The van der Waals surface area contributed by atoms with Gasteiger partial charge in [0, 0.05) is 18.7 Å². The number of primary amides is 1. The molecule has 0 aromatic heterocycles. The highest BCUT2D eigenvalue weighted by Gasteiger charge is 2.23. The summed E-state index contributed by atoms with van der Waals surface area (Å²) in [6, 6.07) is 13.5. The van der Waals surface area contributed by atoms with Crippen LogP contribution in [0.15, 0.2) is 48.5 Å². The molecule has 3 N–H and O–H groups in total. The molecule has 1 aliphatic heterocycles. The smallest absolute Gasteiger partial charge is 0.251 e. The third kappa shape index (κ3) is 5.39. The molecule has 1 aliphatic rings. The van der Waals surface area contributed by atoms with Gasteiger partial charge < -0.3 is 16.0 Å². The lowest BCUT2D eigenvalue weighted by atomic mass is 9.97. The Kier molecular flexibility index (Phi) is 6.76. The Labute approximate surface area is 164 Å². The van der Waals surface area contributed by atoms with E-state index in [1.54, 1.807) is 18.2 Å². The molecule has 0 saturated carbocycles. The molecule has 5 nitrogen and oxygen atoms in total. The first-order valence-electron chi connectivity index (χ1n) is 9.69. The van der Waals surface area contributed by atoms with Crippen LogP contribution in [-0.4, -0.2) is 42.9 Å². The van der Waals surface area contributed by atoms with Gasteiger partial charge in [-0.15, -0.1) is 0 Å². The lowest BCUT2D eigenvalue weighted by molar-refractivity contribution is -0.123. The van der Waals surface area contributed by atoms with Gasteiger partial charge in [0.1, 0.15) is 5.82 Å². The van der Waals surface area contributed by atoms with Crippen molar-refractivity contribution in [2.45, 2.75) is 19.3 Å². The summed E-state index contributed by atoms with van der Waals surface area (Å²) in [5, 5.41) is 2.94. The second kappa shape index (κ2) is 9.46. The number of amides is 2. The van der Waals surface area contributed by atoms with Crippen molar-refractivity contribution in [3.63, 3.8) is 0 Å². The Morgan fingerprint density at radius 1 is 1.14 bits per heavy atom. The number of hydrogen-bond donors (Lipinski definition) is 2. The maximum Gasteiger partial charge on any atom is 0.251 e. The van der Waals surface area contributed by atoms with Crippen molar-refractivity contribution in [1.29, 1.82) is 0 Å². The van der Waals surface area contributed by atoms with Gasteiger partial charge in [-0.1, -0.05) is 24.3 Å². The molecule has 0 spiro atoms. The molecular weight excluding hydrogens is 357 g/mol. The highest BCUT2D eigenvalue weighted by atomic mass is 19.1. The van der Waals surface area contributed by atoms with Crippen molar-refractivity contribution in [2.75, 3.05) is 26.2 Å². The minimum atomic E-state index is -0.284. The minimum absolute atomic E-state index is 0.0578. The Morgan fingerprint density at radius 2 is 1.93 bits per heavy atom. The van der Waals surface area contributed by atoms with E-state index in [0.717, 1.165) is 43.5 Å². The number of carbonyl (C=O) groups is 2. The molecule has 2 amide bonds. The van der Waals surface area contributed by atoms with Crippen molar-refractivity contribution >= 4 is 11.8 Å². The monoisotopic (exact) mass is 383 g/mol. The Balaban J connectivity index is 1.48. The van der Waals surface area contributed by atoms with Crippen LogP contribution in [0.5, 0.6) is 0 Å². The fourth-order valence-corrected chi connectivity index (χ4v) is 3.58. The fourth-order valence-electron chi connectivity index (χ4n) is 3.58. The summed E-state index contributed by atoms with van der Waals surface area (Å²) < 4.78 is 13.1. The van der Waals surface area contributed by atoms with E-state index in [9.17, 15) is 14.0 Å². The van der Waals surface area contributed by atoms with E-state index in [1.807, 2.05) is 18.2 Å². The highest BCUT2D eigenvalue weighted by molar-refractivity contribution is 5.95. The summed E-state index contributed by atoms with van der Waals surface area (Å²) >= 11 is 0. The van der Waals surface area contributed by atoms with Gasteiger partial charge in [-0.25, -0.2) is 4.39 Å². The number of piperidine rings is 1. The van der Waals surface area contributed by atoms with Crippen LogP contribution in [0.4, 0.5) is 4.39 Å². The van der Waals surface area contributed by atoms with Gasteiger partial charge in [-0.3, -0.25) is 9.59 Å². The predicted octanol–water partition coefficient (Wildman–Crippen LogP) is 2.81. The largest absolute Gasteiger partial charge is 0.369 e. The van der Waals surface area contributed by atoms with Gasteiger partial charge in [0.25, 0.3) is 5.91 Å². The van der Waals surface area contributed by atoms with E-state index in [4.69, 9.17) is 5.73 Å². The van der Waals surface area contributed by atoms with E-state index in [0.29, 0.717) is 18.7 Å². The zero-order chi connectivity index (χ0) is 19.9. The fraction of sp³-hybridized carbons (Fsp3) is 0.364. The summed E-state index contributed by atoms with van der Waals surface area (Å²) in [5.74, 6) is -0.692. The quantitative estimate of drug-likeness (QED) is 0.722. The number of likely N-dealkylation sites (tertiary alicyclic amines) is 1. The van der Waals surface area contributed by atoms with Crippen LogP contribution in [0.1, 0.15) is 29.6 Å². The highest BCUT2D eigenvalue weighted by Crippen LogP contribution is 2.21. The number of hydrogen-bond acceptors (Lipinski definition) is 3. The number of benzene rings is 2. The summed E-state index contributed by atoms with van der Waals surface area (Å²) in [6.07, 6.45) is 2.66. The van der Waals surface area contributed by atoms with E-state index >= 15 is 0 Å². The molecule has 0 unspecified atom stereocenters. The Bertz CT molecular complexity index is 823. The van der Waals surface area contributed by atoms with Gasteiger partial charge >= 0.3 is 0 Å². The van der Waals surface area contributed by atoms with Crippen molar-refractivity contribution in [3.8, 4) is 11.1 Å². The van der Waals surface area contributed by atoms with Crippen molar-refractivity contribution < 1.29 is 14.0 Å². The van der Waals surface area contributed by atoms with Crippen LogP contribution in [0.3, 0.4) is 0 Å². The third-order valence-electron chi connectivity index (χ3n) is 5.15. The first-order chi connectivity index (χ1) is 13.5. The van der Waals surface area contributed by atoms with E-state index in [-0.39, 0.29) is 23.5 Å². The minimum Gasteiger partial charge on any atom is -0.369 e. The second-order valence-electron chi connectivity index (χ2n) is 7.24. The van der Waals surface area contributed by atoms with E-state index in [2.05, 4.69) is 10.2 Å². The molecule has 0 aliphatic carbocycles. The molecule has 3 rings (SSSR count). The van der Waals surface area contributed by atoms with Crippen LogP contribution in [0.25, 0.3) is 11.1 Å². The zero-order valence-corrected chi connectivity index (χ0v) is 15.9. The Hall–Kier alpha value is -2.73. The molecular formula is C22H26FN3O2. The number of nitrogens with one attached hydrogen (secondary N) is 1. The van der Waals surface area contributed by atoms with Gasteiger partial charge in [0.05, 0.1) is 5.92 Å². The van der Waals surface area contributed by atoms with E-state index in [1.165, 1.54) is 12.1 Å². The van der Waals surface area contributed by atoms with Gasteiger partial charge in [0.15, 0.2) is 0 Å². The lowest BCUT2D eigenvalue weighted by Crippen LogP contribution is -2.42. The molecule has 1 heterocycles. The molecule has 2 aromatic carbocycles. The molecule has 1 saturated heterocycles. The molecule has 6 heteroatoms. The SMILES string of the molecule is NC(=O)[C@@H]1CCCN(CCCNC(=O)c2cccc(-c3ccc(F)cc3)c2)C1. The van der Waals surface area contributed by atoms with Crippen LogP contribution in [-0.2, 0) is 4.79 Å². The van der Waals surface area contributed by atoms with Gasteiger partial charge in [-0.05, 0) is 67.7 Å². The van der Waals surface area contributed by atoms with Crippen LogP contribution in [0, 0.1) is 11.7 Å². The standard InChI is InChI=1S/C22H26FN3O2/c23-20-9-7-16(8-10-20)17-4-1-5-18(14-17)22(28)25-11-3-13-26-12-2-6-19(15-26)21(24)27/h1,4-5,7-10,14,19H,2-3,6,11-13,15H2,(H2,24,27)(H,25,28)/t19-/m1/s1. The van der Waals surface area contributed by atoms with Crippen molar-refractivity contribution in [1.82, 2.24) is 10.2 Å². The number of nitrogens with two attached hydrogens (primary N) is 1. The number of rotatable bonds is 7. The van der Waals surface area contributed by atoms with Crippen LogP contribution in [0.2, 0.25) is 0 Å². The number of nitrogens with zero attached hydrogens (tertiary/aromatic N) is 1. The summed E-state index contributed by atoms with van der Waals surface area (Å²) in [6.45, 7) is 3.08. The number of halogens is 1. The maximum absolute atomic E-state index is 13.1. The summed E-state index contributed by atoms with van der Waals surface area (Å²) in [4.78, 5) is 26.0. The summed E-state index contributed by atoms with van der Waals surface area (Å²) in [5.41, 5.74) is 7.73. The zero-order valence-electron chi connectivity index (χ0n) is 15.9. The number of carbonyl (C=O) groups excluding carboxylic acids is 2. The molecule has 0 radical (unpaired) electrons. The topological polar surface area (TPSA) is 75.4 Å². The van der Waals surface area contributed by atoms with Gasteiger partial charge in [0.2, 0.25) is 5.91 Å². The molecule has 148 valence electrons. The average Bonchev–Trinajstić information content (AvgIpc) is 2.72. The maximum atomic E-state index is 13.1. The van der Waals surface area contributed by atoms with E-state index < -0.39 is 0 Å². The first kappa shape index (κ1) is 20.0. The first-order valence-corrected chi connectivity index (χ1v) is 9.69. The Morgan fingerprint density at radius 3 is 2.68 bits per heavy atom. The van der Waals surface area contributed by atoms with Gasteiger partial charge in [-0.2, -0.15) is 0 Å². The summed E-state index contributed by atoms with van der Waals surface area (Å²) in [7, 11) is 0. The van der Waals surface area contributed by atoms with Crippen molar-refractivity contribution in [3.05, 3.63) is 59.9 Å². The molecule has 1 fully saturated rings. The molecule has 0 bridgehead atoms. The second-order valence-corrected chi connectivity index (χ2v) is 7.24. The lowest BCUT2D eigenvalue weighted by Gasteiger charge is -2.31. The van der Waals surface area contributed by atoms with Crippen LogP contribution >= 0.6 is 0 Å². The van der Waals surface area contributed by atoms with Crippen molar-refractivity contribution in [2.24, 2.45) is 11.7 Å².